The molecule has 0 atom stereocenters. The molecule has 0 fully saturated rings. The summed E-state index contributed by atoms with van der Waals surface area (Å²) in [7, 11) is 1.37. The largest absolute Gasteiger partial charge is 0.469 e. The van der Waals surface area contributed by atoms with Crippen molar-refractivity contribution in [2.75, 3.05) is 19.4 Å². The molecule has 1 N–H and O–H groups in total. The highest BCUT2D eigenvalue weighted by Gasteiger charge is 2.09. The van der Waals surface area contributed by atoms with Crippen LogP contribution in [0.3, 0.4) is 0 Å². The van der Waals surface area contributed by atoms with E-state index in [1.54, 1.807) is 6.07 Å². The molecule has 0 bridgehead atoms. The Balaban J connectivity index is 2.60. The minimum absolute atomic E-state index is 0.202. The molecule has 0 unspecified atom stereocenters. The molecule has 0 saturated carbocycles. The van der Waals surface area contributed by atoms with E-state index in [4.69, 9.17) is 0 Å². The summed E-state index contributed by atoms with van der Waals surface area (Å²) in [5.74, 6) is 0.151. The predicted molar refractivity (Wildman–Crippen MR) is 75.8 cm³/mol. The van der Waals surface area contributed by atoms with Crippen LogP contribution in [-0.2, 0) is 16.1 Å². The summed E-state index contributed by atoms with van der Waals surface area (Å²) in [4.78, 5) is 11.9. The predicted octanol–water partition coefficient (Wildman–Crippen LogP) is 2.98. The highest BCUT2D eigenvalue weighted by atomic mass is 32.2. The number of carbonyl (C=O) groups excluding carboxylic acids is 1. The van der Waals surface area contributed by atoms with Crippen molar-refractivity contribution < 1.29 is 13.9 Å². The second-order valence-electron chi connectivity index (χ2n) is 4.07. The summed E-state index contributed by atoms with van der Waals surface area (Å²) in [5, 5.41) is 3.20. The van der Waals surface area contributed by atoms with Crippen LogP contribution in [0.25, 0.3) is 0 Å². The van der Waals surface area contributed by atoms with Gasteiger partial charge < -0.3 is 10.1 Å². The molecule has 19 heavy (non-hydrogen) atoms. The third kappa shape index (κ3) is 5.61. The highest BCUT2D eigenvalue weighted by molar-refractivity contribution is 7.99. The molecular weight excluding hydrogens is 265 g/mol. The number of methoxy groups -OCH3 is 1. The Bertz CT molecular complexity index is 412. The van der Waals surface area contributed by atoms with E-state index in [9.17, 15) is 9.18 Å². The number of halogens is 1. The molecular formula is C14H20FNO2S. The van der Waals surface area contributed by atoms with Crippen LogP contribution in [0, 0.1) is 5.82 Å². The first-order valence-electron chi connectivity index (χ1n) is 6.36. The molecule has 0 spiro atoms. The average Bonchev–Trinajstić information content (AvgIpc) is 2.41. The fourth-order valence-electron chi connectivity index (χ4n) is 1.58. The number of rotatable bonds is 8. The van der Waals surface area contributed by atoms with Gasteiger partial charge in [0, 0.05) is 22.8 Å². The lowest BCUT2D eigenvalue weighted by molar-refractivity contribution is -0.140. The minimum atomic E-state index is -0.241. The quantitative estimate of drug-likeness (QED) is 0.453. The van der Waals surface area contributed by atoms with Crippen LogP contribution in [0.4, 0.5) is 4.39 Å². The standard InChI is InChI=1S/C14H20FNO2S/c1-3-8-16-10-11-12(15)5-4-6-13(11)19-9-7-14(17)18-2/h4-6,16H,3,7-10H2,1-2H3. The molecule has 3 nitrogen and oxygen atoms in total. The first-order valence-corrected chi connectivity index (χ1v) is 7.35. The van der Waals surface area contributed by atoms with Crippen LogP contribution in [0.15, 0.2) is 23.1 Å². The van der Waals surface area contributed by atoms with Crippen molar-refractivity contribution in [3.8, 4) is 0 Å². The Kier molecular flexibility index (Phi) is 7.52. The molecule has 0 heterocycles. The number of hydrogen-bond donors (Lipinski definition) is 1. The van der Waals surface area contributed by atoms with E-state index in [0.29, 0.717) is 24.3 Å². The fourth-order valence-corrected chi connectivity index (χ4v) is 2.59. The second-order valence-corrected chi connectivity index (χ2v) is 5.20. The summed E-state index contributed by atoms with van der Waals surface area (Å²) < 4.78 is 18.4. The summed E-state index contributed by atoms with van der Waals surface area (Å²) in [5.41, 5.74) is 0.672. The fraction of sp³-hybridized carbons (Fsp3) is 0.500. The Labute approximate surface area is 117 Å². The number of esters is 1. The van der Waals surface area contributed by atoms with Gasteiger partial charge in [-0.05, 0) is 25.1 Å². The van der Waals surface area contributed by atoms with Crippen LogP contribution >= 0.6 is 11.8 Å². The number of ether oxygens (including phenoxy) is 1. The van der Waals surface area contributed by atoms with Gasteiger partial charge in [-0.1, -0.05) is 13.0 Å². The summed E-state index contributed by atoms with van der Waals surface area (Å²) >= 11 is 1.48. The average molecular weight is 285 g/mol. The van der Waals surface area contributed by atoms with Crippen molar-refractivity contribution >= 4 is 17.7 Å². The van der Waals surface area contributed by atoms with E-state index in [2.05, 4.69) is 17.0 Å². The first-order chi connectivity index (χ1) is 9.19. The zero-order chi connectivity index (χ0) is 14.1. The zero-order valence-corrected chi connectivity index (χ0v) is 12.2. The van der Waals surface area contributed by atoms with Crippen LogP contribution in [-0.4, -0.2) is 25.4 Å². The van der Waals surface area contributed by atoms with Gasteiger partial charge in [-0.25, -0.2) is 4.39 Å². The number of benzene rings is 1. The van der Waals surface area contributed by atoms with Crippen molar-refractivity contribution in [1.29, 1.82) is 0 Å². The van der Waals surface area contributed by atoms with Gasteiger partial charge >= 0.3 is 5.97 Å². The molecule has 1 rings (SSSR count). The molecule has 0 aliphatic heterocycles. The van der Waals surface area contributed by atoms with Gasteiger partial charge in [0.25, 0.3) is 0 Å². The van der Waals surface area contributed by atoms with E-state index in [-0.39, 0.29) is 11.8 Å². The number of carbonyl (C=O) groups is 1. The molecule has 0 amide bonds. The SMILES string of the molecule is CCCNCc1c(F)cccc1SCCC(=O)OC. The maximum Gasteiger partial charge on any atom is 0.306 e. The normalized spacial score (nSPS) is 10.5. The maximum atomic E-state index is 13.8. The van der Waals surface area contributed by atoms with Crippen LogP contribution in [0.1, 0.15) is 25.3 Å². The van der Waals surface area contributed by atoms with Gasteiger partial charge in [-0.15, -0.1) is 11.8 Å². The first kappa shape index (κ1) is 16.0. The van der Waals surface area contributed by atoms with E-state index in [0.717, 1.165) is 17.9 Å². The molecule has 0 aliphatic carbocycles. The third-order valence-corrected chi connectivity index (χ3v) is 3.70. The Morgan fingerprint density at radius 1 is 1.47 bits per heavy atom. The number of hydrogen-bond acceptors (Lipinski definition) is 4. The topological polar surface area (TPSA) is 38.3 Å². The van der Waals surface area contributed by atoms with Crippen LogP contribution in [0.2, 0.25) is 0 Å². The van der Waals surface area contributed by atoms with Gasteiger partial charge in [0.05, 0.1) is 13.5 Å². The van der Waals surface area contributed by atoms with E-state index in [1.165, 1.54) is 24.9 Å². The molecule has 0 radical (unpaired) electrons. The monoisotopic (exact) mass is 285 g/mol. The lowest BCUT2D eigenvalue weighted by Gasteiger charge is -2.11. The summed E-state index contributed by atoms with van der Waals surface area (Å²) in [6.07, 6.45) is 1.35. The summed E-state index contributed by atoms with van der Waals surface area (Å²) in [6.45, 7) is 3.45. The van der Waals surface area contributed by atoms with Crippen molar-refractivity contribution in [2.24, 2.45) is 0 Å². The minimum Gasteiger partial charge on any atom is -0.469 e. The molecule has 1 aromatic rings. The van der Waals surface area contributed by atoms with Gasteiger partial charge in [-0.2, -0.15) is 0 Å². The number of nitrogens with one attached hydrogen (secondary N) is 1. The lowest BCUT2D eigenvalue weighted by Crippen LogP contribution is -2.15. The van der Waals surface area contributed by atoms with Gasteiger partial charge in [0.1, 0.15) is 5.82 Å². The molecule has 0 saturated heterocycles. The van der Waals surface area contributed by atoms with Crippen LogP contribution < -0.4 is 5.32 Å². The molecule has 1 aromatic carbocycles. The zero-order valence-electron chi connectivity index (χ0n) is 11.4. The highest BCUT2D eigenvalue weighted by Crippen LogP contribution is 2.25. The van der Waals surface area contributed by atoms with Crippen molar-refractivity contribution in [3.63, 3.8) is 0 Å². The maximum absolute atomic E-state index is 13.8. The van der Waals surface area contributed by atoms with Crippen molar-refractivity contribution in [3.05, 3.63) is 29.6 Å². The summed E-state index contributed by atoms with van der Waals surface area (Å²) in [6, 6.07) is 5.04. The second kappa shape index (κ2) is 8.93. The van der Waals surface area contributed by atoms with Gasteiger partial charge in [0.2, 0.25) is 0 Å². The number of thioether (sulfide) groups is 1. The van der Waals surface area contributed by atoms with Crippen molar-refractivity contribution in [2.45, 2.75) is 31.2 Å². The Morgan fingerprint density at radius 2 is 2.26 bits per heavy atom. The van der Waals surface area contributed by atoms with Gasteiger partial charge in [0.15, 0.2) is 0 Å². The molecule has 0 aromatic heterocycles. The molecule has 0 aliphatic rings. The lowest BCUT2D eigenvalue weighted by atomic mass is 10.2. The van der Waals surface area contributed by atoms with Crippen LogP contribution in [0.5, 0.6) is 0 Å². The van der Waals surface area contributed by atoms with Crippen molar-refractivity contribution in [1.82, 2.24) is 5.32 Å². The Morgan fingerprint density at radius 3 is 2.95 bits per heavy atom. The smallest absolute Gasteiger partial charge is 0.306 e. The van der Waals surface area contributed by atoms with Gasteiger partial charge in [-0.3, -0.25) is 4.79 Å². The molecule has 5 heteroatoms. The van der Waals surface area contributed by atoms with E-state index in [1.807, 2.05) is 6.07 Å². The molecule has 106 valence electrons. The third-order valence-electron chi connectivity index (χ3n) is 2.60. The Hall–Kier alpha value is -1.07. The van der Waals surface area contributed by atoms with E-state index >= 15 is 0 Å². The van der Waals surface area contributed by atoms with E-state index < -0.39 is 0 Å².